The van der Waals surface area contributed by atoms with E-state index in [1.54, 1.807) is 28.4 Å². The number of benzene rings is 2. The first-order valence-corrected chi connectivity index (χ1v) is 16.2. The van der Waals surface area contributed by atoms with E-state index in [0.717, 1.165) is 64.5 Å². The third-order valence-electron chi connectivity index (χ3n) is 8.14. The van der Waals surface area contributed by atoms with Crippen molar-refractivity contribution < 1.29 is 38.7 Å². The van der Waals surface area contributed by atoms with Gasteiger partial charge in [0.05, 0.1) is 22.3 Å². The summed E-state index contributed by atoms with van der Waals surface area (Å²) in [5, 5.41) is 34.4. The number of fused-ring (bicyclic) bond motifs is 2. The van der Waals surface area contributed by atoms with Crippen LogP contribution in [0.25, 0.3) is 0 Å². The minimum Gasteiger partial charge on any atom is -0.507 e. The molecule has 0 heterocycles. The number of carbonyl (C=O) groups is 2. The van der Waals surface area contributed by atoms with Crippen LogP contribution in [0.2, 0.25) is 0 Å². The van der Waals surface area contributed by atoms with Crippen LogP contribution < -0.4 is 21.3 Å². The smallest absolute Gasteiger partial charge is 0.200 e. The Bertz CT molecular complexity index is 1160. The van der Waals surface area contributed by atoms with Gasteiger partial charge in [-0.1, -0.05) is 25.7 Å². The van der Waals surface area contributed by atoms with Crippen LogP contribution >= 0.6 is 0 Å². The van der Waals surface area contributed by atoms with Crippen molar-refractivity contribution in [3.63, 3.8) is 0 Å². The number of aromatic hydroxyl groups is 2. The lowest BCUT2D eigenvalue weighted by Gasteiger charge is -2.25. The van der Waals surface area contributed by atoms with E-state index in [9.17, 15) is 19.8 Å². The first kappa shape index (κ1) is 37.2. The third-order valence-corrected chi connectivity index (χ3v) is 8.14. The highest BCUT2D eigenvalue weighted by Crippen LogP contribution is 2.42. The van der Waals surface area contributed by atoms with Gasteiger partial charge in [-0.3, -0.25) is 9.59 Å². The van der Waals surface area contributed by atoms with E-state index in [1.807, 2.05) is 12.1 Å². The molecule has 0 fully saturated rings. The molecule has 1 aliphatic rings. The molecule has 46 heavy (non-hydrogen) atoms. The molecule has 2 aromatic carbocycles. The number of methoxy groups -OCH3 is 4. The first-order valence-electron chi connectivity index (χ1n) is 16.2. The normalized spacial score (nSPS) is 12.6. The van der Waals surface area contributed by atoms with Crippen LogP contribution in [0.3, 0.4) is 0 Å². The SMILES string of the molecule is COC(CNCCCCCCNc1ccc(NCCCCCCNCC(OC)OC)c2c1C(=O)c1c(O)ccc(O)c1C2=O)OC. The Morgan fingerprint density at radius 1 is 0.522 bits per heavy atom. The van der Waals surface area contributed by atoms with Gasteiger partial charge in [-0.25, -0.2) is 0 Å². The number of hydrogen-bond acceptors (Lipinski definition) is 12. The van der Waals surface area contributed by atoms with Crippen LogP contribution in [0, 0.1) is 0 Å². The molecule has 0 unspecified atom stereocenters. The Morgan fingerprint density at radius 2 is 0.870 bits per heavy atom. The summed E-state index contributed by atoms with van der Waals surface area (Å²) in [6, 6.07) is 6.09. The number of carbonyl (C=O) groups excluding carboxylic acids is 2. The van der Waals surface area contributed by atoms with Crippen LogP contribution in [-0.4, -0.2) is 102 Å². The van der Waals surface area contributed by atoms with Crippen LogP contribution in [0.15, 0.2) is 24.3 Å². The van der Waals surface area contributed by atoms with Gasteiger partial charge in [-0.05, 0) is 63.0 Å². The molecular formula is C34H52N4O8. The second kappa shape index (κ2) is 20.1. The molecule has 0 amide bonds. The fraction of sp³-hybridized carbons (Fsp3) is 0.588. The Hall–Kier alpha value is -3.26. The summed E-state index contributed by atoms with van der Waals surface area (Å²) in [5.74, 6) is -1.63. The predicted octanol–water partition coefficient (Wildman–Crippen LogP) is 4.23. The zero-order chi connectivity index (χ0) is 33.3. The molecule has 0 aromatic heterocycles. The summed E-state index contributed by atoms with van der Waals surface area (Å²) in [7, 11) is 6.47. The van der Waals surface area contributed by atoms with Gasteiger partial charge in [0.2, 0.25) is 11.6 Å². The van der Waals surface area contributed by atoms with Crippen molar-refractivity contribution in [1.29, 1.82) is 0 Å². The molecule has 256 valence electrons. The van der Waals surface area contributed by atoms with E-state index in [0.29, 0.717) is 37.6 Å². The van der Waals surface area contributed by atoms with E-state index in [1.165, 1.54) is 12.1 Å². The molecule has 2 aromatic rings. The number of phenolic OH excluding ortho intramolecular Hbond substituents is 2. The average Bonchev–Trinajstić information content (AvgIpc) is 3.06. The Morgan fingerprint density at radius 3 is 1.22 bits per heavy atom. The van der Waals surface area contributed by atoms with E-state index in [4.69, 9.17) is 18.9 Å². The van der Waals surface area contributed by atoms with Gasteiger partial charge < -0.3 is 50.4 Å². The molecule has 12 nitrogen and oxygen atoms in total. The maximum atomic E-state index is 13.8. The number of nitrogens with one attached hydrogen (secondary N) is 4. The molecule has 6 N–H and O–H groups in total. The molecule has 0 bridgehead atoms. The summed E-state index contributed by atoms with van der Waals surface area (Å²) in [6.07, 6.45) is 7.36. The van der Waals surface area contributed by atoms with Gasteiger partial charge in [0.15, 0.2) is 12.6 Å². The molecule has 0 aliphatic heterocycles. The first-order chi connectivity index (χ1) is 22.4. The minimum atomic E-state index is -0.489. The standard InChI is InChI=1S/C34H52N4O8/c1-43-27(44-2)21-35-17-9-5-7-11-19-37-23-13-14-24(38-20-12-8-6-10-18-36-22-28(45-3)46-4)30-29(23)33(41)31-25(39)15-16-26(40)32(31)34(30)42/h13-16,27-28,35-40H,5-12,17-22H2,1-4H3. The molecule has 3 rings (SSSR count). The van der Waals surface area contributed by atoms with Crippen molar-refractivity contribution in [2.24, 2.45) is 0 Å². The van der Waals surface area contributed by atoms with Crippen molar-refractivity contribution in [3.05, 3.63) is 46.5 Å². The van der Waals surface area contributed by atoms with Gasteiger partial charge in [-0.2, -0.15) is 0 Å². The second-order valence-corrected chi connectivity index (χ2v) is 11.3. The van der Waals surface area contributed by atoms with Gasteiger partial charge in [0.1, 0.15) is 11.5 Å². The van der Waals surface area contributed by atoms with Crippen molar-refractivity contribution in [2.75, 3.05) is 78.3 Å². The van der Waals surface area contributed by atoms with E-state index >= 15 is 0 Å². The minimum absolute atomic E-state index is 0.162. The Balaban J connectivity index is 1.57. The zero-order valence-electron chi connectivity index (χ0n) is 27.7. The second-order valence-electron chi connectivity index (χ2n) is 11.3. The van der Waals surface area contributed by atoms with E-state index in [2.05, 4.69) is 21.3 Å². The molecular weight excluding hydrogens is 592 g/mol. The van der Waals surface area contributed by atoms with E-state index < -0.39 is 11.6 Å². The molecule has 0 atom stereocenters. The topological polar surface area (TPSA) is 160 Å². The quantitative estimate of drug-likeness (QED) is 0.0469. The lowest BCUT2D eigenvalue weighted by atomic mass is 9.81. The highest BCUT2D eigenvalue weighted by molar-refractivity contribution is 6.33. The van der Waals surface area contributed by atoms with E-state index in [-0.39, 0.29) is 46.3 Å². The van der Waals surface area contributed by atoms with Gasteiger partial charge in [0.25, 0.3) is 0 Å². The maximum absolute atomic E-state index is 13.8. The summed E-state index contributed by atoms with van der Waals surface area (Å²) in [4.78, 5) is 27.5. The Kier molecular flexibility index (Phi) is 16.2. The van der Waals surface area contributed by atoms with Gasteiger partial charge in [0, 0.05) is 66.0 Å². The molecule has 0 spiro atoms. The molecule has 12 heteroatoms. The van der Waals surface area contributed by atoms with Crippen molar-refractivity contribution >= 4 is 22.9 Å². The molecule has 0 saturated heterocycles. The van der Waals surface area contributed by atoms with Crippen LogP contribution in [0.1, 0.15) is 83.2 Å². The number of hydrogen-bond donors (Lipinski definition) is 6. The number of ether oxygens (including phenoxy) is 4. The van der Waals surface area contributed by atoms with Crippen molar-refractivity contribution in [2.45, 2.75) is 63.9 Å². The summed E-state index contributed by atoms with van der Waals surface area (Å²) in [5.41, 5.74) is 1.19. The highest BCUT2D eigenvalue weighted by Gasteiger charge is 2.37. The lowest BCUT2D eigenvalue weighted by Crippen LogP contribution is -2.30. The average molecular weight is 645 g/mol. The maximum Gasteiger partial charge on any atom is 0.200 e. The zero-order valence-corrected chi connectivity index (χ0v) is 27.7. The third kappa shape index (κ3) is 10.4. The van der Waals surface area contributed by atoms with Gasteiger partial charge in [-0.15, -0.1) is 0 Å². The molecule has 0 radical (unpaired) electrons. The fourth-order valence-electron chi connectivity index (χ4n) is 5.53. The predicted molar refractivity (Wildman–Crippen MR) is 178 cm³/mol. The monoisotopic (exact) mass is 644 g/mol. The van der Waals surface area contributed by atoms with Gasteiger partial charge >= 0.3 is 0 Å². The fourth-order valence-corrected chi connectivity index (χ4v) is 5.53. The number of anilines is 2. The summed E-state index contributed by atoms with van der Waals surface area (Å²) in [6.45, 7) is 4.25. The number of ketones is 2. The highest BCUT2D eigenvalue weighted by atomic mass is 16.7. The Labute approximate surface area is 272 Å². The van der Waals surface area contributed by atoms with Crippen molar-refractivity contribution in [1.82, 2.24) is 10.6 Å². The number of unbranched alkanes of at least 4 members (excludes halogenated alkanes) is 6. The van der Waals surface area contributed by atoms with Crippen LogP contribution in [0.4, 0.5) is 11.4 Å². The number of rotatable bonds is 24. The lowest BCUT2D eigenvalue weighted by molar-refractivity contribution is -0.0988. The van der Waals surface area contributed by atoms with Crippen LogP contribution in [-0.2, 0) is 18.9 Å². The van der Waals surface area contributed by atoms with Crippen LogP contribution in [0.5, 0.6) is 11.5 Å². The largest absolute Gasteiger partial charge is 0.507 e. The summed E-state index contributed by atoms with van der Waals surface area (Å²) >= 11 is 0. The van der Waals surface area contributed by atoms with Crippen molar-refractivity contribution in [3.8, 4) is 11.5 Å². The number of phenols is 2. The molecule has 1 aliphatic carbocycles. The molecule has 0 saturated carbocycles. The summed E-state index contributed by atoms with van der Waals surface area (Å²) < 4.78 is 20.7.